The van der Waals surface area contributed by atoms with Crippen LogP contribution >= 0.6 is 0 Å². The van der Waals surface area contributed by atoms with Crippen molar-refractivity contribution in [3.05, 3.63) is 53.0 Å². The summed E-state index contributed by atoms with van der Waals surface area (Å²) < 4.78 is 29.8. The van der Waals surface area contributed by atoms with Gasteiger partial charge < -0.3 is 19.6 Å². The number of nitrogen functional groups attached to an aromatic ring is 1. The molecule has 1 aliphatic rings. The summed E-state index contributed by atoms with van der Waals surface area (Å²) >= 11 is 0. The van der Waals surface area contributed by atoms with E-state index in [1.807, 2.05) is 6.07 Å². The number of hydrogen-bond acceptors (Lipinski definition) is 5. The van der Waals surface area contributed by atoms with E-state index >= 15 is 0 Å². The fourth-order valence-electron chi connectivity index (χ4n) is 3.06. The topological polar surface area (TPSA) is 74.7 Å². The predicted octanol–water partition coefficient (Wildman–Crippen LogP) is 3.72. The molecule has 0 aliphatic carbocycles. The summed E-state index contributed by atoms with van der Waals surface area (Å²) in [5, 5.41) is 0.682. The third kappa shape index (κ3) is 2.50. The molecule has 1 aromatic heterocycles. The van der Waals surface area contributed by atoms with E-state index < -0.39 is 11.6 Å². The van der Waals surface area contributed by atoms with Crippen molar-refractivity contribution in [3.63, 3.8) is 0 Å². The average molecular weight is 341 g/mol. The molecule has 0 bridgehead atoms. The maximum absolute atomic E-state index is 13.6. The molecule has 2 N–H and O–H groups in total. The van der Waals surface area contributed by atoms with Gasteiger partial charge in [0, 0.05) is 17.0 Å². The Morgan fingerprint density at radius 3 is 2.92 bits per heavy atom. The number of aryl methyl sites for hydroxylation is 1. The van der Waals surface area contributed by atoms with E-state index in [2.05, 4.69) is 0 Å². The summed E-state index contributed by atoms with van der Waals surface area (Å²) in [4.78, 5) is 12.8. The number of nitrogens with two attached hydrogens (primary N) is 1. The average Bonchev–Trinajstić information content (AvgIpc) is 2.95. The molecular weight excluding hydrogens is 325 g/mol. The predicted molar refractivity (Wildman–Crippen MR) is 90.8 cm³/mol. The molecule has 0 saturated heterocycles. The fourth-order valence-corrected chi connectivity index (χ4v) is 3.06. The standard InChI is InChI=1S/C19H16FNO4/c1-23-16-8-11(4-5-13(16)20)18(22)19-17(21)12-7-10-3-2-6-24-14(10)9-15(12)25-19/h4-5,7-9H,2-3,6,21H2,1H3. The molecule has 0 atom stereocenters. The molecule has 4 rings (SSSR count). The largest absolute Gasteiger partial charge is 0.494 e. The van der Waals surface area contributed by atoms with Crippen molar-refractivity contribution < 1.29 is 23.1 Å². The van der Waals surface area contributed by atoms with E-state index in [4.69, 9.17) is 19.6 Å². The lowest BCUT2D eigenvalue weighted by molar-refractivity contribution is 0.101. The maximum atomic E-state index is 13.6. The Hall–Kier alpha value is -3.02. The number of anilines is 1. The van der Waals surface area contributed by atoms with Crippen LogP contribution in [0.2, 0.25) is 0 Å². The number of hydrogen-bond donors (Lipinski definition) is 1. The van der Waals surface area contributed by atoms with Gasteiger partial charge in [-0.3, -0.25) is 4.79 Å². The Balaban J connectivity index is 1.81. The number of furan rings is 1. The van der Waals surface area contributed by atoms with Gasteiger partial charge in [-0.2, -0.15) is 0 Å². The van der Waals surface area contributed by atoms with E-state index in [0.717, 1.165) is 24.2 Å². The van der Waals surface area contributed by atoms with Crippen LogP contribution in [0.5, 0.6) is 11.5 Å². The van der Waals surface area contributed by atoms with Crippen LogP contribution in [0.25, 0.3) is 11.0 Å². The summed E-state index contributed by atoms with van der Waals surface area (Å²) in [6.07, 6.45) is 1.84. The minimum absolute atomic E-state index is 0.00982. The summed E-state index contributed by atoms with van der Waals surface area (Å²) in [5.41, 5.74) is 8.21. The number of ether oxygens (including phenoxy) is 2. The van der Waals surface area contributed by atoms with Crippen LogP contribution in [-0.4, -0.2) is 19.5 Å². The second kappa shape index (κ2) is 5.81. The molecule has 3 aromatic rings. The number of benzene rings is 2. The Labute approximate surface area is 143 Å². The van der Waals surface area contributed by atoms with Crippen molar-refractivity contribution in [1.29, 1.82) is 0 Å². The molecule has 5 nitrogen and oxygen atoms in total. The Bertz CT molecular complexity index is 993. The second-order valence-electron chi connectivity index (χ2n) is 5.93. The van der Waals surface area contributed by atoms with E-state index in [9.17, 15) is 9.18 Å². The van der Waals surface area contributed by atoms with E-state index in [1.54, 1.807) is 6.07 Å². The number of carbonyl (C=O) groups excluding carboxylic acids is 1. The molecule has 6 heteroatoms. The van der Waals surface area contributed by atoms with Gasteiger partial charge in [-0.25, -0.2) is 4.39 Å². The number of halogens is 1. The van der Waals surface area contributed by atoms with E-state index in [1.165, 1.54) is 25.3 Å². The molecular formula is C19H16FNO4. The third-order valence-corrected chi connectivity index (χ3v) is 4.38. The first-order valence-corrected chi connectivity index (χ1v) is 7.94. The van der Waals surface area contributed by atoms with Crippen LogP contribution in [0.4, 0.5) is 10.1 Å². The monoisotopic (exact) mass is 341 g/mol. The number of rotatable bonds is 3. The quantitative estimate of drug-likeness (QED) is 0.735. The molecule has 0 spiro atoms. The van der Waals surface area contributed by atoms with Crippen molar-refractivity contribution >= 4 is 22.4 Å². The zero-order valence-corrected chi connectivity index (χ0v) is 13.6. The Kier molecular flexibility index (Phi) is 3.60. The van der Waals surface area contributed by atoms with E-state index in [-0.39, 0.29) is 22.8 Å². The highest BCUT2D eigenvalue weighted by molar-refractivity contribution is 6.14. The van der Waals surface area contributed by atoms with Gasteiger partial charge in [-0.1, -0.05) is 0 Å². The smallest absolute Gasteiger partial charge is 0.230 e. The highest BCUT2D eigenvalue weighted by Crippen LogP contribution is 2.36. The van der Waals surface area contributed by atoms with Crippen LogP contribution < -0.4 is 15.2 Å². The normalized spacial score (nSPS) is 13.4. The zero-order valence-electron chi connectivity index (χ0n) is 13.6. The summed E-state index contributed by atoms with van der Waals surface area (Å²) in [7, 11) is 1.34. The van der Waals surface area contributed by atoms with Crippen molar-refractivity contribution in [2.45, 2.75) is 12.8 Å². The Morgan fingerprint density at radius 2 is 2.12 bits per heavy atom. The Morgan fingerprint density at radius 1 is 1.28 bits per heavy atom. The van der Waals surface area contributed by atoms with Crippen molar-refractivity contribution in [3.8, 4) is 11.5 Å². The highest BCUT2D eigenvalue weighted by atomic mass is 19.1. The lowest BCUT2D eigenvalue weighted by Crippen LogP contribution is -2.07. The molecule has 1 aliphatic heterocycles. The summed E-state index contributed by atoms with van der Waals surface area (Å²) in [6, 6.07) is 7.56. The molecule has 2 aromatic carbocycles. The van der Waals surface area contributed by atoms with Gasteiger partial charge in [0.25, 0.3) is 0 Å². The zero-order chi connectivity index (χ0) is 17.6. The highest BCUT2D eigenvalue weighted by Gasteiger charge is 2.23. The van der Waals surface area contributed by atoms with Crippen LogP contribution in [-0.2, 0) is 6.42 Å². The first-order chi connectivity index (χ1) is 12.1. The van der Waals surface area contributed by atoms with Gasteiger partial charge in [-0.15, -0.1) is 0 Å². The van der Waals surface area contributed by atoms with Crippen LogP contribution in [0.1, 0.15) is 28.1 Å². The van der Waals surface area contributed by atoms with E-state index in [0.29, 0.717) is 17.6 Å². The maximum Gasteiger partial charge on any atom is 0.230 e. The molecule has 0 saturated carbocycles. The fraction of sp³-hybridized carbons (Fsp3) is 0.211. The SMILES string of the molecule is COc1cc(C(=O)c2oc3cc4c(cc3c2N)CCCO4)ccc1F. The van der Waals surface area contributed by atoms with Gasteiger partial charge in [0.2, 0.25) is 5.78 Å². The number of fused-ring (bicyclic) bond motifs is 2. The summed E-state index contributed by atoms with van der Waals surface area (Å²) in [6.45, 7) is 0.663. The molecule has 0 radical (unpaired) electrons. The van der Waals surface area contributed by atoms with Crippen molar-refractivity contribution in [2.75, 3.05) is 19.5 Å². The number of carbonyl (C=O) groups is 1. The summed E-state index contributed by atoms with van der Waals surface area (Å²) in [5.74, 6) is -0.183. The third-order valence-electron chi connectivity index (χ3n) is 4.38. The molecule has 2 heterocycles. The van der Waals surface area contributed by atoms with Crippen molar-refractivity contribution in [1.82, 2.24) is 0 Å². The molecule has 128 valence electrons. The first-order valence-electron chi connectivity index (χ1n) is 7.94. The lowest BCUT2D eigenvalue weighted by Gasteiger charge is -2.16. The minimum Gasteiger partial charge on any atom is -0.494 e. The molecule has 0 unspecified atom stereocenters. The van der Waals surface area contributed by atoms with Gasteiger partial charge in [0.15, 0.2) is 17.3 Å². The molecule has 0 amide bonds. The van der Waals surface area contributed by atoms with Gasteiger partial charge in [0.05, 0.1) is 19.4 Å². The number of ketones is 1. The van der Waals surface area contributed by atoms with Crippen molar-refractivity contribution in [2.24, 2.45) is 0 Å². The van der Waals surface area contributed by atoms with Gasteiger partial charge >= 0.3 is 0 Å². The second-order valence-corrected chi connectivity index (χ2v) is 5.93. The van der Waals surface area contributed by atoms with Crippen LogP contribution in [0.3, 0.4) is 0 Å². The van der Waals surface area contributed by atoms with Crippen LogP contribution in [0.15, 0.2) is 34.7 Å². The van der Waals surface area contributed by atoms with Gasteiger partial charge in [-0.05, 0) is 42.7 Å². The lowest BCUT2D eigenvalue weighted by atomic mass is 10.0. The molecule has 25 heavy (non-hydrogen) atoms. The van der Waals surface area contributed by atoms with Gasteiger partial charge in [0.1, 0.15) is 11.3 Å². The first kappa shape index (κ1) is 15.5. The molecule has 0 fully saturated rings. The minimum atomic E-state index is -0.540. The number of methoxy groups -OCH3 is 1. The van der Waals surface area contributed by atoms with Crippen LogP contribution in [0, 0.1) is 5.82 Å².